The summed E-state index contributed by atoms with van der Waals surface area (Å²) in [6.07, 6.45) is 2.82. The molecule has 2 heteroatoms. The molecule has 76 valence electrons. The first-order chi connectivity index (χ1) is 6.13. The second-order valence-corrected chi connectivity index (χ2v) is 5.63. The molecular formula is C11H20ClN. The van der Waals surface area contributed by atoms with Crippen LogP contribution in [0.15, 0.2) is 0 Å². The van der Waals surface area contributed by atoms with Crippen LogP contribution in [0.25, 0.3) is 0 Å². The minimum Gasteiger partial charge on any atom is -0.303 e. The first kappa shape index (κ1) is 9.79. The van der Waals surface area contributed by atoms with Crippen LogP contribution < -0.4 is 0 Å². The highest BCUT2D eigenvalue weighted by Gasteiger charge is 2.41. The molecule has 2 bridgehead atoms. The Labute approximate surface area is 86.4 Å². The van der Waals surface area contributed by atoms with E-state index in [2.05, 4.69) is 18.7 Å². The first-order valence-electron chi connectivity index (χ1n) is 5.42. The van der Waals surface area contributed by atoms with Crippen molar-refractivity contribution in [3.63, 3.8) is 0 Å². The molecule has 0 amide bonds. The second-order valence-electron chi connectivity index (χ2n) is 5.37. The Balaban J connectivity index is 2.08. The van der Waals surface area contributed by atoms with Crippen LogP contribution in [0.5, 0.6) is 0 Å². The monoisotopic (exact) mass is 201 g/mol. The second kappa shape index (κ2) is 3.43. The molecule has 0 aliphatic carbocycles. The molecule has 3 rings (SSSR count). The van der Waals surface area contributed by atoms with E-state index in [1.54, 1.807) is 0 Å². The highest BCUT2D eigenvalue weighted by atomic mass is 35.5. The zero-order valence-electron chi connectivity index (χ0n) is 8.72. The zero-order chi connectivity index (χ0) is 9.47. The van der Waals surface area contributed by atoms with Crippen molar-refractivity contribution in [3.8, 4) is 0 Å². The largest absolute Gasteiger partial charge is 0.303 e. The van der Waals surface area contributed by atoms with Gasteiger partial charge in [0.05, 0.1) is 0 Å². The maximum absolute atomic E-state index is 6.05. The zero-order valence-corrected chi connectivity index (χ0v) is 9.48. The Bertz CT molecular complexity index is 183. The van der Waals surface area contributed by atoms with Crippen LogP contribution in [0.3, 0.4) is 0 Å². The maximum Gasteiger partial charge on any atom is 0.0277 e. The Morgan fingerprint density at radius 1 is 1.31 bits per heavy atom. The van der Waals surface area contributed by atoms with Gasteiger partial charge in [0.1, 0.15) is 0 Å². The van der Waals surface area contributed by atoms with E-state index in [-0.39, 0.29) is 0 Å². The summed E-state index contributed by atoms with van der Waals surface area (Å²) in [4.78, 5) is 2.61. The van der Waals surface area contributed by atoms with E-state index in [4.69, 9.17) is 11.6 Å². The first-order valence-corrected chi connectivity index (χ1v) is 5.95. The predicted octanol–water partition coefficient (Wildman–Crippen LogP) is 2.59. The third-order valence-corrected chi connectivity index (χ3v) is 4.69. The highest BCUT2D eigenvalue weighted by Crippen LogP contribution is 2.43. The summed E-state index contributed by atoms with van der Waals surface area (Å²) in [7, 11) is 0. The van der Waals surface area contributed by atoms with Gasteiger partial charge in [-0.15, -0.1) is 11.6 Å². The number of hydrogen-bond acceptors (Lipinski definition) is 1. The van der Waals surface area contributed by atoms with Gasteiger partial charge >= 0.3 is 0 Å². The van der Waals surface area contributed by atoms with Crippen LogP contribution in [0.2, 0.25) is 0 Å². The van der Waals surface area contributed by atoms with Crippen molar-refractivity contribution in [3.05, 3.63) is 0 Å². The molecule has 0 spiro atoms. The number of fused-ring (bicyclic) bond motifs is 3. The lowest BCUT2D eigenvalue weighted by atomic mass is 9.66. The van der Waals surface area contributed by atoms with E-state index in [1.165, 1.54) is 32.5 Å². The van der Waals surface area contributed by atoms with E-state index in [1.807, 2.05) is 0 Å². The number of alkyl halides is 1. The average Bonchev–Trinajstić information content (AvgIpc) is 2.19. The molecule has 0 aromatic rings. The van der Waals surface area contributed by atoms with Gasteiger partial charge in [-0.1, -0.05) is 13.8 Å². The molecular weight excluding hydrogens is 182 g/mol. The fourth-order valence-electron chi connectivity index (χ4n) is 2.95. The smallest absolute Gasteiger partial charge is 0.0277 e. The van der Waals surface area contributed by atoms with Crippen LogP contribution in [0.1, 0.15) is 26.7 Å². The SMILES string of the molecule is CC(C)(CCl)C1CN2CCC1CC2. The van der Waals surface area contributed by atoms with E-state index >= 15 is 0 Å². The van der Waals surface area contributed by atoms with Gasteiger partial charge in [0.15, 0.2) is 0 Å². The number of piperidine rings is 3. The van der Waals surface area contributed by atoms with Crippen molar-refractivity contribution in [1.29, 1.82) is 0 Å². The van der Waals surface area contributed by atoms with Gasteiger partial charge < -0.3 is 4.90 Å². The third kappa shape index (κ3) is 1.73. The summed E-state index contributed by atoms with van der Waals surface area (Å²) >= 11 is 6.05. The molecule has 3 saturated heterocycles. The van der Waals surface area contributed by atoms with Gasteiger partial charge in [-0.2, -0.15) is 0 Å². The van der Waals surface area contributed by atoms with Crippen molar-refractivity contribution in [2.24, 2.45) is 17.3 Å². The van der Waals surface area contributed by atoms with Crippen molar-refractivity contribution in [2.75, 3.05) is 25.5 Å². The Kier molecular flexibility index (Phi) is 2.59. The number of hydrogen-bond donors (Lipinski definition) is 0. The minimum absolute atomic E-state index is 0.339. The van der Waals surface area contributed by atoms with Crippen molar-refractivity contribution in [2.45, 2.75) is 26.7 Å². The fourth-order valence-corrected chi connectivity index (χ4v) is 3.15. The van der Waals surface area contributed by atoms with Gasteiger partial charge in [-0.05, 0) is 43.2 Å². The van der Waals surface area contributed by atoms with Crippen LogP contribution in [0, 0.1) is 17.3 Å². The molecule has 0 radical (unpaired) electrons. The quantitative estimate of drug-likeness (QED) is 0.621. The van der Waals surface area contributed by atoms with Gasteiger partial charge in [0, 0.05) is 12.4 Å². The molecule has 1 nitrogen and oxygen atoms in total. The Morgan fingerprint density at radius 3 is 2.31 bits per heavy atom. The lowest BCUT2D eigenvalue weighted by Crippen LogP contribution is -2.52. The predicted molar refractivity (Wildman–Crippen MR) is 57.2 cm³/mol. The van der Waals surface area contributed by atoms with Gasteiger partial charge in [0.25, 0.3) is 0 Å². The molecule has 3 aliphatic heterocycles. The molecule has 1 atom stereocenters. The average molecular weight is 202 g/mol. The van der Waals surface area contributed by atoms with Crippen LogP contribution >= 0.6 is 11.6 Å². The fraction of sp³-hybridized carbons (Fsp3) is 1.00. The lowest BCUT2D eigenvalue weighted by molar-refractivity contribution is -0.00422. The Morgan fingerprint density at radius 2 is 1.92 bits per heavy atom. The number of nitrogens with zero attached hydrogens (tertiary/aromatic N) is 1. The molecule has 13 heavy (non-hydrogen) atoms. The molecule has 1 unspecified atom stereocenters. The summed E-state index contributed by atoms with van der Waals surface area (Å²) in [6.45, 7) is 8.61. The van der Waals surface area contributed by atoms with E-state index in [0.717, 1.165) is 17.7 Å². The summed E-state index contributed by atoms with van der Waals surface area (Å²) in [5.74, 6) is 2.60. The molecule has 0 aromatic carbocycles. The van der Waals surface area contributed by atoms with Crippen molar-refractivity contribution in [1.82, 2.24) is 4.90 Å². The lowest BCUT2D eigenvalue weighted by Gasteiger charge is -2.50. The highest BCUT2D eigenvalue weighted by molar-refractivity contribution is 6.18. The summed E-state index contributed by atoms with van der Waals surface area (Å²) in [5.41, 5.74) is 0.339. The van der Waals surface area contributed by atoms with E-state index < -0.39 is 0 Å². The van der Waals surface area contributed by atoms with E-state index in [9.17, 15) is 0 Å². The molecule has 3 aliphatic rings. The standard InChI is InChI=1S/C11H20ClN/c1-11(2,8-12)10-7-13-5-3-9(10)4-6-13/h9-10H,3-8H2,1-2H3. The minimum atomic E-state index is 0.339. The third-order valence-electron chi connectivity index (χ3n) is 4.00. The summed E-state index contributed by atoms with van der Waals surface area (Å²) < 4.78 is 0. The van der Waals surface area contributed by atoms with Gasteiger partial charge in [-0.3, -0.25) is 0 Å². The normalized spacial score (nSPS) is 39.5. The van der Waals surface area contributed by atoms with Crippen molar-refractivity contribution < 1.29 is 0 Å². The van der Waals surface area contributed by atoms with Crippen molar-refractivity contribution >= 4 is 11.6 Å². The van der Waals surface area contributed by atoms with Gasteiger partial charge in [-0.25, -0.2) is 0 Å². The van der Waals surface area contributed by atoms with Crippen LogP contribution in [0.4, 0.5) is 0 Å². The topological polar surface area (TPSA) is 3.24 Å². The number of halogens is 1. The van der Waals surface area contributed by atoms with Gasteiger partial charge in [0.2, 0.25) is 0 Å². The molecule has 0 saturated carbocycles. The maximum atomic E-state index is 6.05. The van der Waals surface area contributed by atoms with Crippen LogP contribution in [-0.2, 0) is 0 Å². The molecule has 3 heterocycles. The summed E-state index contributed by atoms with van der Waals surface area (Å²) in [5, 5.41) is 0. The Hall–Kier alpha value is 0.250. The summed E-state index contributed by atoms with van der Waals surface area (Å²) in [6, 6.07) is 0. The molecule has 3 fully saturated rings. The molecule has 0 aromatic heterocycles. The number of rotatable bonds is 2. The van der Waals surface area contributed by atoms with Crippen LogP contribution in [-0.4, -0.2) is 30.4 Å². The molecule has 0 N–H and O–H groups in total. The van der Waals surface area contributed by atoms with E-state index in [0.29, 0.717) is 5.41 Å².